The molecule has 2 fully saturated rings. The van der Waals surface area contributed by atoms with Crippen molar-refractivity contribution in [2.24, 2.45) is 0 Å². The van der Waals surface area contributed by atoms with E-state index in [2.05, 4.69) is 40.5 Å². The fourth-order valence-corrected chi connectivity index (χ4v) is 6.44. The molecule has 0 unspecified atom stereocenters. The minimum absolute atomic E-state index is 0.134. The summed E-state index contributed by atoms with van der Waals surface area (Å²) in [7, 11) is 2.10. The number of nitrogens with two attached hydrogens (primary N) is 1. The van der Waals surface area contributed by atoms with Crippen LogP contribution in [0.3, 0.4) is 0 Å². The number of para-hydroxylation sites is 1. The number of hydrogen-bond acceptors (Lipinski definition) is 7. The Hall–Kier alpha value is -4.79. The third-order valence-corrected chi connectivity index (χ3v) is 9.04. The SMILES string of the molecule is [C-]#[N+]C(=CC(C)(C)N1CCN(C)CC1)C(=O)N1CCC[C@H]1Cn1nc(-c2ccc(Oc3ccccc3)cc2F)c2c(N)nccc21. The molecule has 2 N–H and O–H groups in total. The molecule has 2 aromatic carbocycles. The van der Waals surface area contributed by atoms with E-state index in [-0.39, 0.29) is 29.0 Å². The second-order valence-electron chi connectivity index (χ2n) is 12.6. The minimum Gasteiger partial charge on any atom is -0.457 e. The van der Waals surface area contributed by atoms with Gasteiger partial charge in [0.2, 0.25) is 5.70 Å². The summed E-state index contributed by atoms with van der Waals surface area (Å²) in [6, 6.07) is 15.5. The van der Waals surface area contributed by atoms with Crippen molar-refractivity contribution < 1.29 is 13.9 Å². The van der Waals surface area contributed by atoms with Crippen molar-refractivity contribution in [3.63, 3.8) is 0 Å². The van der Waals surface area contributed by atoms with Crippen LogP contribution in [-0.4, -0.2) is 86.7 Å². The van der Waals surface area contributed by atoms with E-state index in [1.54, 1.807) is 46.1 Å². The zero-order valence-electron chi connectivity index (χ0n) is 26.5. The number of carbonyl (C=O) groups is 1. The van der Waals surface area contributed by atoms with Gasteiger partial charge in [-0.25, -0.2) is 14.2 Å². The summed E-state index contributed by atoms with van der Waals surface area (Å²) in [5, 5.41) is 5.38. The molecular weight excluding hydrogens is 583 g/mol. The van der Waals surface area contributed by atoms with E-state index in [4.69, 9.17) is 22.1 Å². The lowest BCUT2D eigenvalue weighted by atomic mass is 9.99. The Morgan fingerprint density at radius 1 is 1.11 bits per heavy atom. The smallest absolute Gasteiger partial charge is 0.252 e. The molecule has 2 aliphatic heterocycles. The van der Waals surface area contributed by atoms with E-state index in [1.165, 1.54) is 6.07 Å². The van der Waals surface area contributed by atoms with Crippen LogP contribution >= 0.6 is 0 Å². The third-order valence-electron chi connectivity index (χ3n) is 9.04. The van der Waals surface area contributed by atoms with Gasteiger partial charge in [0.05, 0.1) is 30.1 Å². The highest BCUT2D eigenvalue weighted by Gasteiger charge is 2.35. The van der Waals surface area contributed by atoms with Crippen molar-refractivity contribution in [1.29, 1.82) is 0 Å². The Balaban J connectivity index is 1.26. The van der Waals surface area contributed by atoms with Crippen molar-refractivity contribution in [2.45, 2.75) is 44.8 Å². The second kappa shape index (κ2) is 12.9. The molecule has 238 valence electrons. The first-order valence-electron chi connectivity index (χ1n) is 15.6. The van der Waals surface area contributed by atoms with E-state index < -0.39 is 11.4 Å². The number of hydrogen-bond donors (Lipinski definition) is 1. The number of carbonyl (C=O) groups excluding carboxylic acids is 1. The lowest BCUT2D eigenvalue weighted by Crippen LogP contribution is -2.53. The van der Waals surface area contributed by atoms with E-state index >= 15 is 4.39 Å². The van der Waals surface area contributed by atoms with Crippen LogP contribution in [0.25, 0.3) is 27.0 Å². The number of pyridine rings is 1. The first-order valence-corrected chi connectivity index (χ1v) is 15.6. The second-order valence-corrected chi connectivity index (χ2v) is 12.6. The van der Waals surface area contributed by atoms with Gasteiger partial charge in [0, 0.05) is 56.1 Å². The van der Waals surface area contributed by atoms with Gasteiger partial charge in [0.15, 0.2) is 0 Å². The number of piperazine rings is 1. The molecule has 0 spiro atoms. The summed E-state index contributed by atoms with van der Waals surface area (Å²) in [5.41, 5.74) is 7.37. The van der Waals surface area contributed by atoms with Crippen LogP contribution in [0.1, 0.15) is 26.7 Å². The zero-order valence-corrected chi connectivity index (χ0v) is 26.5. The Labute approximate surface area is 268 Å². The van der Waals surface area contributed by atoms with Crippen molar-refractivity contribution in [2.75, 3.05) is 45.5 Å². The Bertz CT molecular complexity index is 1800. The molecule has 0 radical (unpaired) electrons. The first kappa shape index (κ1) is 31.2. The number of likely N-dealkylation sites (N-methyl/N-ethyl adjacent to an activating group) is 1. The van der Waals surface area contributed by atoms with Gasteiger partial charge in [-0.1, -0.05) is 24.3 Å². The summed E-state index contributed by atoms with van der Waals surface area (Å²) in [5.74, 6) is 0.439. The maximum Gasteiger partial charge on any atom is 0.252 e. The number of ether oxygens (including phenoxy) is 1. The van der Waals surface area contributed by atoms with E-state index in [0.717, 1.165) is 39.0 Å². The summed E-state index contributed by atoms with van der Waals surface area (Å²) >= 11 is 0. The molecule has 2 aliphatic rings. The van der Waals surface area contributed by atoms with Crippen molar-refractivity contribution in [1.82, 2.24) is 29.5 Å². The average molecular weight is 623 g/mol. The van der Waals surface area contributed by atoms with Crippen LogP contribution in [0.4, 0.5) is 10.2 Å². The molecular formula is C35H39FN8O2. The molecule has 1 atom stereocenters. The Kier molecular flexibility index (Phi) is 8.75. The van der Waals surface area contributed by atoms with Gasteiger partial charge in [-0.15, -0.1) is 0 Å². The van der Waals surface area contributed by atoms with Crippen molar-refractivity contribution in [3.05, 3.63) is 89.8 Å². The third kappa shape index (κ3) is 6.32. The molecule has 10 nitrogen and oxygen atoms in total. The quantitative estimate of drug-likeness (QED) is 0.207. The van der Waals surface area contributed by atoms with E-state index in [0.29, 0.717) is 41.2 Å². The number of nitrogen functional groups attached to an aromatic ring is 1. The largest absolute Gasteiger partial charge is 0.457 e. The van der Waals surface area contributed by atoms with Crippen LogP contribution < -0.4 is 10.5 Å². The predicted molar refractivity (Wildman–Crippen MR) is 176 cm³/mol. The average Bonchev–Trinajstić information content (AvgIpc) is 3.66. The Morgan fingerprint density at radius 3 is 2.59 bits per heavy atom. The van der Waals surface area contributed by atoms with Gasteiger partial charge < -0.3 is 20.3 Å². The fraction of sp³-hybridized carbons (Fsp3) is 0.371. The maximum absolute atomic E-state index is 15.6. The number of rotatable bonds is 8. The van der Waals surface area contributed by atoms with Crippen molar-refractivity contribution in [3.8, 4) is 22.8 Å². The number of benzene rings is 2. The molecule has 46 heavy (non-hydrogen) atoms. The highest BCUT2D eigenvalue weighted by atomic mass is 19.1. The number of anilines is 1. The van der Waals surface area contributed by atoms with Gasteiger partial charge >= 0.3 is 0 Å². The highest BCUT2D eigenvalue weighted by Crippen LogP contribution is 2.36. The summed E-state index contributed by atoms with van der Waals surface area (Å²) in [4.78, 5) is 28.2. The molecule has 0 saturated carbocycles. The van der Waals surface area contributed by atoms with Crippen LogP contribution in [-0.2, 0) is 11.3 Å². The lowest BCUT2D eigenvalue weighted by molar-refractivity contribution is -0.127. The molecule has 0 aliphatic carbocycles. The molecule has 4 heterocycles. The summed E-state index contributed by atoms with van der Waals surface area (Å²) < 4.78 is 23.2. The number of amides is 1. The van der Waals surface area contributed by atoms with E-state index in [1.807, 2.05) is 24.3 Å². The van der Waals surface area contributed by atoms with Gasteiger partial charge in [-0.2, -0.15) is 5.10 Å². The van der Waals surface area contributed by atoms with Gasteiger partial charge in [-0.3, -0.25) is 14.4 Å². The molecule has 4 aromatic rings. The van der Waals surface area contributed by atoms with Crippen LogP contribution in [0, 0.1) is 12.4 Å². The standard InChI is InChI=1S/C35H39FN8O2/c1-35(2,42-19-17-41(4)18-20-42)22-29(38-3)34(45)43-16-8-9-24(43)23-44-30-14-15-39-33(37)31(30)32(40-44)27-13-12-26(21-28(27)36)46-25-10-6-5-7-11-25/h5-7,10-15,21-22,24H,8-9,16-20,23H2,1-2,4H3,(H2,37,39)/t24-/m0/s1. The predicted octanol–water partition coefficient (Wildman–Crippen LogP) is 5.43. The monoisotopic (exact) mass is 622 g/mol. The molecule has 6 rings (SSSR count). The molecule has 2 aromatic heterocycles. The number of likely N-dealkylation sites (tertiary alicyclic amines) is 1. The summed E-state index contributed by atoms with van der Waals surface area (Å²) in [6.45, 7) is 16.6. The van der Waals surface area contributed by atoms with Gasteiger partial charge in [-0.05, 0) is 64.1 Å². The molecule has 0 bridgehead atoms. The first-order chi connectivity index (χ1) is 22.1. The Morgan fingerprint density at radius 2 is 1.87 bits per heavy atom. The minimum atomic E-state index is -0.504. The topological polar surface area (TPSA) is 97.1 Å². The molecule has 1 amide bonds. The maximum atomic E-state index is 15.6. The number of aromatic nitrogens is 3. The van der Waals surface area contributed by atoms with Gasteiger partial charge in [0.25, 0.3) is 5.91 Å². The number of nitrogens with zero attached hydrogens (tertiary/aromatic N) is 7. The number of fused-ring (bicyclic) bond motifs is 1. The van der Waals surface area contributed by atoms with E-state index in [9.17, 15) is 4.79 Å². The number of halogens is 1. The van der Waals surface area contributed by atoms with Crippen LogP contribution in [0.5, 0.6) is 11.5 Å². The van der Waals surface area contributed by atoms with Crippen molar-refractivity contribution >= 4 is 22.6 Å². The normalized spacial score (nSPS) is 18.2. The van der Waals surface area contributed by atoms with Crippen LogP contribution in [0.15, 0.2) is 72.6 Å². The zero-order chi connectivity index (χ0) is 32.4. The summed E-state index contributed by atoms with van der Waals surface area (Å²) in [6.07, 6.45) is 5.00. The molecule has 2 saturated heterocycles. The molecule has 11 heteroatoms. The van der Waals surface area contributed by atoms with Gasteiger partial charge in [0.1, 0.15) is 28.8 Å². The fourth-order valence-electron chi connectivity index (χ4n) is 6.44. The lowest BCUT2D eigenvalue weighted by Gasteiger charge is -2.42. The van der Waals surface area contributed by atoms with Crippen LogP contribution in [0.2, 0.25) is 0 Å². The highest BCUT2D eigenvalue weighted by molar-refractivity contribution is 6.00.